The highest BCUT2D eigenvalue weighted by molar-refractivity contribution is 5.85. The van der Waals surface area contributed by atoms with Gasteiger partial charge in [-0.05, 0) is 39.8 Å². The number of anilines is 1. The number of aldehydes is 1. The first-order valence-corrected chi connectivity index (χ1v) is 6.97. The molecule has 0 aliphatic heterocycles. The molecule has 1 aromatic carbocycles. The highest BCUT2D eigenvalue weighted by atomic mass is 16.1. The molecule has 0 spiro atoms. The van der Waals surface area contributed by atoms with Crippen molar-refractivity contribution in [2.24, 2.45) is 0 Å². The summed E-state index contributed by atoms with van der Waals surface area (Å²) in [5.74, 6) is 0.876. The maximum absolute atomic E-state index is 11.5. The summed E-state index contributed by atoms with van der Waals surface area (Å²) in [7, 11) is 0. The minimum atomic E-state index is 0.303. The van der Waals surface area contributed by atoms with E-state index in [2.05, 4.69) is 30.8 Å². The van der Waals surface area contributed by atoms with Crippen molar-refractivity contribution < 1.29 is 4.79 Å². The van der Waals surface area contributed by atoms with Crippen molar-refractivity contribution in [3.63, 3.8) is 0 Å². The lowest BCUT2D eigenvalue weighted by molar-refractivity contribution is 0.112. The third kappa shape index (κ3) is 2.46. The van der Waals surface area contributed by atoms with Crippen LogP contribution >= 0.6 is 0 Å². The van der Waals surface area contributed by atoms with Gasteiger partial charge in [0.2, 0.25) is 0 Å². The summed E-state index contributed by atoms with van der Waals surface area (Å²) in [5, 5.41) is 4.55. The molecule has 2 aromatic rings. The molecule has 0 saturated carbocycles. The topological polar surface area (TPSA) is 38.1 Å². The average molecular weight is 271 g/mol. The second-order valence-electron chi connectivity index (χ2n) is 5.07. The number of aromatic nitrogens is 2. The Morgan fingerprint density at radius 3 is 2.45 bits per heavy atom. The Morgan fingerprint density at radius 2 is 1.95 bits per heavy atom. The SMILES string of the molecule is CCN(c1c(C=O)c(C)nn1-c1ccccc1)C(C)C. The molecule has 20 heavy (non-hydrogen) atoms. The lowest BCUT2D eigenvalue weighted by Gasteiger charge is -2.28. The molecule has 0 saturated heterocycles. The van der Waals surface area contributed by atoms with Gasteiger partial charge in [-0.25, -0.2) is 4.68 Å². The van der Waals surface area contributed by atoms with Gasteiger partial charge in [-0.1, -0.05) is 18.2 Å². The Kier molecular flexibility index (Phi) is 4.23. The fourth-order valence-electron chi connectivity index (χ4n) is 2.45. The van der Waals surface area contributed by atoms with Crippen LogP contribution in [0.3, 0.4) is 0 Å². The van der Waals surface area contributed by atoms with Crippen LogP contribution < -0.4 is 4.90 Å². The lowest BCUT2D eigenvalue weighted by Crippen LogP contribution is -2.33. The van der Waals surface area contributed by atoms with Gasteiger partial charge in [0.15, 0.2) is 6.29 Å². The fraction of sp³-hybridized carbons (Fsp3) is 0.375. The van der Waals surface area contributed by atoms with Gasteiger partial charge in [-0.3, -0.25) is 4.79 Å². The van der Waals surface area contributed by atoms with E-state index in [1.807, 2.05) is 41.9 Å². The highest BCUT2D eigenvalue weighted by Crippen LogP contribution is 2.27. The largest absolute Gasteiger partial charge is 0.354 e. The van der Waals surface area contributed by atoms with Gasteiger partial charge < -0.3 is 4.90 Å². The molecule has 0 fully saturated rings. The first kappa shape index (κ1) is 14.3. The van der Waals surface area contributed by atoms with Gasteiger partial charge in [0.05, 0.1) is 16.9 Å². The van der Waals surface area contributed by atoms with Crippen LogP contribution in [0.15, 0.2) is 30.3 Å². The Bertz CT molecular complexity index is 587. The Morgan fingerprint density at radius 1 is 1.30 bits per heavy atom. The van der Waals surface area contributed by atoms with E-state index in [4.69, 9.17) is 0 Å². The number of nitrogens with zero attached hydrogens (tertiary/aromatic N) is 3. The van der Waals surface area contributed by atoms with Crippen molar-refractivity contribution >= 4 is 12.1 Å². The number of benzene rings is 1. The van der Waals surface area contributed by atoms with E-state index >= 15 is 0 Å². The van der Waals surface area contributed by atoms with Gasteiger partial charge in [-0.2, -0.15) is 5.10 Å². The molecule has 4 nitrogen and oxygen atoms in total. The molecule has 0 bridgehead atoms. The molecule has 4 heteroatoms. The second-order valence-corrected chi connectivity index (χ2v) is 5.07. The molecular formula is C16H21N3O. The van der Waals surface area contributed by atoms with Crippen LogP contribution in [0, 0.1) is 6.92 Å². The van der Waals surface area contributed by atoms with Gasteiger partial charge >= 0.3 is 0 Å². The smallest absolute Gasteiger partial charge is 0.155 e. The Balaban J connectivity index is 2.66. The maximum Gasteiger partial charge on any atom is 0.155 e. The second kappa shape index (κ2) is 5.90. The molecule has 0 aliphatic rings. The summed E-state index contributed by atoms with van der Waals surface area (Å²) in [6.45, 7) is 9.04. The van der Waals surface area contributed by atoms with Crippen LogP contribution in [-0.4, -0.2) is 28.7 Å². The zero-order valence-electron chi connectivity index (χ0n) is 12.5. The number of carbonyl (C=O) groups excluding carboxylic acids is 1. The van der Waals surface area contributed by atoms with E-state index in [-0.39, 0.29) is 0 Å². The van der Waals surface area contributed by atoms with Crippen molar-refractivity contribution in [1.82, 2.24) is 9.78 Å². The van der Waals surface area contributed by atoms with Crippen LogP contribution in [0.1, 0.15) is 36.8 Å². The van der Waals surface area contributed by atoms with Crippen LogP contribution in [0.2, 0.25) is 0 Å². The van der Waals surface area contributed by atoms with Crippen molar-refractivity contribution in [2.75, 3.05) is 11.4 Å². The van der Waals surface area contributed by atoms with E-state index in [9.17, 15) is 4.79 Å². The molecule has 0 unspecified atom stereocenters. The molecule has 1 aromatic heterocycles. The molecule has 106 valence electrons. The van der Waals surface area contributed by atoms with Crippen molar-refractivity contribution in [3.05, 3.63) is 41.6 Å². The molecule has 0 amide bonds. The maximum atomic E-state index is 11.5. The number of aryl methyl sites for hydroxylation is 1. The predicted octanol–water partition coefficient (Wildman–Crippen LogP) is 3.23. The van der Waals surface area contributed by atoms with Gasteiger partial charge in [-0.15, -0.1) is 0 Å². The van der Waals surface area contributed by atoms with Gasteiger partial charge in [0.1, 0.15) is 5.82 Å². The summed E-state index contributed by atoms with van der Waals surface area (Å²) in [6.07, 6.45) is 0.905. The van der Waals surface area contributed by atoms with Gasteiger partial charge in [0.25, 0.3) is 0 Å². The zero-order chi connectivity index (χ0) is 14.7. The zero-order valence-corrected chi connectivity index (χ0v) is 12.5. The lowest BCUT2D eigenvalue weighted by atomic mass is 10.2. The van der Waals surface area contributed by atoms with Crippen molar-refractivity contribution in [2.45, 2.75) is 33.7 Å². The quantitative estimate of drug-likeness (QED) is 0.784. The first-order chi connectivity index (χ1) is 9.60. The Labute approximate surface area is 120 Å². The number of para-hydroxylation sites is 1. The fourth-order valence-corrected chi connectivity index (χ4v) is 2.45. The Hall–Kier alpha value is -2.10. The minimum absolute atomic E-state index is 0.303. The minimum Gasteiger partial charge on any atom is -0.354 e. The van der Waals surface area contributed by atoms with Crippen LogP contribution in [0.5, 0.6) is 0 Å². The van der Waals surface area contributed by atoms with Crippen LogP contribution in [-0.2, 0) is 0 Å². The summed E-state index contributed by atoms with van der Waals surface area (Å²) in [4.78, 5) is 13.6. The first-order valence-electron chi connectivity index (χ1n) is 6.97. The predicted molar refractivity (Wildman–Crippen MR) is 81.8 cm³/mol. The third-order valence-corrected chi connectivity index (χ3v) is 3.44. The summed E-state index contributed by atoms with van der Waals surface area (Å²) in [6, 6.07) is 10.2. The van der Waals surface area contributed by atoms with E-state index in [0.717, 1.165) is 30.0 Å². The number of hydrogen-bond donors (Lipinski definition) is 0. The normalized spacial score (nSPS) is 10.8. The molecule has 1 heterocycles. The standard InChI is InChI=1S/C16H21N3O/c1-5-18(12(2)3)16-15(11-20)13(4)17-19(16)14-9-7-6-8-10-14/h6-12H,5H2,1-4H3. The third-order valence-electron chi connectivity index (χ3n) is 3.44. The summed E-state index contributed by atoms with van der Waals surface area (Å²) < 4.78 is 1.86. The summed E-state index contributed by atoms with van der Waals surface area (Å²) in [5.41, 5.74) is 2.40. The van der Waals surface area contributed by atoms with E-state index in [0.29, 0.717) is 11.6 Å². The monoisotopic (exact) mass is 271 g/mol. The molecule has 2 rings (SSSR count). The number of carbonyl (C=O) groups is 1. The van der Waals surface area contributed by atoms with Gasteiger partial charge in [0, 0.05) is 12.6 Å². The van der Waals surface area contributed by atoms with Crippen LogP contribution in [0.4, 0.5) is 5.82 Å². The molecule has 0 atom stereocenters. The van der Waals surface area contributed by atoms with E-state index in [1.165, 1.54) is 0 Å². The summed E-state index contributed by atoms with van der Waals surface area (Å²) >= 11 is 0. The molecular weight excluding hydrogens is 250 g/mol. The van der Waals surface area contributed by atoms with E-state index in [1.54, 1.807) is 0 Å². The molecule has 0 radical (unpaired) electrons. The van der Waals surface area contributed by atoms with Crippen molar-refractivity contribution in [1.29, 1.82) is 0 Å². The number of rotatable bonds is 5. The number of hydrogen-bond acceptors (Lipinski definition) is 3. The molecule has 0 N–H and O–H groups in total. The highest BCUT2D eigenvalue weighted by Gasteiger charge is 2.22. The average Bonchev–Trinajstić information content (AvgIpc) is 2.77. The van der Waals surface area contributed by atoms with Crippen LogP contribution in [0.25, 0.3) is 5.69 Å². The van der Waals surface area contributed by atoms with E-state index < -0.39 is 0 Å². The molecule has 0 aliphatic carbocycles. The van der Waals surface area contributed by atoms with Crippen molar-refractivity contribution in [3.8, 4) is 5.69 Å².